The number of hydrogen-bond donors (Lipinski definition) is 0. The Hall–Kier alpha value is -0.110. The summed E-state index contributed by atoms with van der Waals surface area (Å²) in [6.45, 7) is 6.69. The molecule has 1 nitrogen and oxygen atoms in total. The molecule has 0 aliphatic carbocycles. The normalized spacial score (nSPS) is 10.1. The average Bonchev–Trinajstić information content (AvgIpc) is 2.21. The number of rotatable bonds is 5. The van der Waals surface area contributed by atoms with E-state index >= 15 is 0 Å². The minimum absolute atomic E-state index is 1.11. The van der Waals surface area contributed by atoms with Crippen LogP contribution in [-0.2, 0) is 4.18 Å². The van der Waals surface area contributed by atoms with Crippen molar-refractivity contribution in [2.75, 3.05) is 18.0 Å². The first-order chi connectivity index (χ1) is 7.19. The monoisotopic (exact) mass is 307 g/mol. The molecule has 0 spiro atoms. The number of para-hydroxylation sites is 1. The molecule has 0 aromatic heterocycles. The summed E-state index contributed by atoms with van der Waals surface area (Å²) in [6, 6.07) is 8.92. The molecule has 15 heavy (non-hydrogen) atoms. The van der Waals surface area contributed by atoms with Crippen LogP contribution in [0.5, 0.6) is 0 Å². The summed E-state index contributed by atoms with van der Waals surface area (Å²) in [5.74, 6) is 0. The first-order valence-electron chi connectivity index (χ1n) is 6.01. The summed E-state index contributed by atoms with van der Waals surface area (Å²) in [7, 11) is 0. The van der Waals surface area contributed by atoms with Gasteiger partial charge in [0.05, 0.1) is 0 Å². The van der Waals surface area contributed by atoms with Gasteiger partial charge in [-0.1, -0.05) is 0 Å². The van der Waals surface area contributed by atoms with Crippen LogP contribution in [-0.4, -0.2) is 34.5 Å². The molecule has 1 rings (SSSR count). The van der Waals surface area contributed by atoms with E-state index in [1.54, 1.807) is 5.56 Å². The Kier molecular flexibility index (Phi) is 5.59. The Morgan fingerprint density at radius 2 is 1.67 bits per heavy atom. The maximum atomic E-state index is 2.49. The van der Waals surface area contributed by atoms with Crippen molar-refractivity contribution in [1.82, 2.24) is 0 Å². The molecule has 0 bridgehead atoms. The molecule has 0 saturated heterocycles. The van der Waals surface area contributed by atoms with E-state index in [-0.39, 0.29) is 0 Å². The van der Waals surface area contributed by atoms with Gasteiger partial charge in [-0.15, -0.1) is 0 Å². The van der Waals surface area contributed by atoms with Crippen LogP contribution in [0.2, 0.25) is 9.36 Å². The molecule has 0 heterocycles. The predicted molar refractivity (Wildman–Crippen MR) is 71.2 cm³/mol. The molecule has 0 atom stereocenters. The molecular formula is C13H22InN. The number of hydrogen-bond acceptors (Lipinski definition) is 1. The predicted octanol–water partition coefficient (Wildman–Crippen LogP) is 3.37. The first kappa shape index (κ1) is 13.0. The third-order valence-electron chi connectivity index (χ3n) is 2.72. The van der Waals surface area contributed by atoms with Gasteiger partial charge in [0.15, 0.2) is 0 Å². The second kappa shape index (κ2) is 6.47. The Bertz CT molecular complexity index is 292. The quantitative estimate of drug-likeness (QED) is 0.806. The molecule has 1 aromatic rings. The summed E-state index contributed by atoms with van der Waals surface area (Å²) >= 11 is -1.15. The van der Waals surface area contributed by atoms with E-state index in [0.717, 1.165) is 13.1 Å². The van der Waals surface area contributed by atoms with Crippen LogP contribution in [0, 0.1) is 0 Å². The first-order valence-corrected chi connectivity index (χ1v) is 14.9. The van der Waals surface area contributed by atoms with Crippen LogP contribution in [0.1, 0.15) is 19.4 Å². The van der Waals surface area contributed by atoms with Crippen molar-refractivity contribution in [3.8, 4) is 0 Å². The van der Waals surface area contributed by atoms with Gasteiger partial charge in [0, 0.05) is 0 Å². The number of anilines is 1. The number of benzene rings is 1. The van der Waals surface area contributed by atoms with Crippen molar-refractivity contribution in [2.24, 2.45) is 0 Å². The Morgan fingerprint density at radius 3 is 2.20 bits per heavy atom. The number of nitrogens with zero attached hydrogens (tertiary/aromatic N) is 1. The Morgan fingerprint density at radius 1 is 1.07 bits per heavy atom. The van der Waals surface area contributed by atoms with Crippen LogP contribution in [0.15, 0.2) is 24.3 Å². The van der Waals surface area contributed by atoms with E-state index < -0.39 is 21.4 Å². The zero-order valence-electron chi connectivity index (χ0n) is 10.5. The molecule has 2 heteroatoms. The third-order valence-corrected chi connectivity index (χ3v) is 6.31. The van der Waals surface area contributed by atoms with E-state index in [1.165, 1.54) is 9.86 Å². The molecule has 1 aromatic carbocycles. The van der Waals surface area contributed by atoms with E-state index in [9.17, 15) is 0 Å². The molecule has 0 N–H and O–H groups in total. The van der Waals surface area contributed by atoms with Gasteiger partial charge >= 0.3 is 102 Å². The van der Waals surface area contributed by atoms with Gasteiger partial charge in [-0.2, -0.15) is 0 Å². The zero-order chi connectivity index (χ0) is 11.3. The van der Waals surface area contributed by atoms with Crippen LogP contribution in [0.25, 0.3) is 0 Å². The molecule has 0 amide bonds. The van der Waals surface area contributed by atoms with Gasteiger partial charge in [0.25, 0.3) is 0 Å². The SMILES string of the molecule is CCN(CC)c1ccccc1[CH2][In]([CH3])[CH3]. The summed E-state index contributed by atoms with van der Waals surface area (Å²) < 4.78 is 6.36. The van der Waals surface area contributed by atoms with Crippen molar-refractivity contribution >= 4 is 27.1 Å². The van der Waals surface area contributed by atoms with Gasteiger partial charge in [-0.25, -0.2) is 0 Å². The summed E-state index contributed by atoms with van der Waals surface area (Å²) in [5.41, 5.74) is 3.04. The van der Waals surface area contributed by atoms with E-state index in [2.05, 4.69) is 52.4 Å². The molecule has 0 radical (unpaired) electrons. The Labute approximate surface area is 102 Å². The van der Waals surface area contributed by atoms with Gasteiger partial charge in [-0.05, 0) is 0 Å². The van der Waals surface area contributed by atoms with Crippen LogP contribution >= 0.6 is 0 Å². The third kappa shape index (κ3) is 3.75. The Balaban J connectivity index is 2.94. The van der Waals surface area contributed by atoms with Crippen LogP contribution < -0.4 is 4.90 Å². The standard InChI is InChI=1S/C11H16N.2CH3.In/c1-4-12(5-2)11-9-7-6-8-10(11)3;;;/h6-9H,3-5H2,1-2H3;2*1H3;. The fourth-order valence-corrected chi connectivity index (χ4v) is 5.49. The average molecular weight is 307 g/mol. The minimum atomic E-state index is -1.15. The van der Waals surface area contributed by atoms with E-state index in [1.807, 2.05) is 0 Å². The van der Waals surface area contributed by atoms with Crippen molar-refractivity contribution in [3.05, 3.63) is 29.8 Å². The second-order valence-electron chi connectivity index (χ2n) is 4.40. The van der Waals surface area contributed by atoms with E-state index in [0.29, 0.717) is 0 Å². The zero-order valence-corrected chi connectivity index (χ0v) is 13.8. The van der Waals surface area contributed by atoms with Crippen molar-refractivity contribution in [2.45, 2.75) is 27.4 Å². The molecule has 0 fully saturated rings. The van der Waals surface area contributed by atoms with Crippen molar-refractivity contribution < 1.29 is 0 Å². The second-order valence-corrected chi connectivity index (χ2v) is 13.5. The van der Waals surface area contributed by atoms with E-state index in [4.69, 9.17) is 0 Å². The van der Waals surface area contributed by atoms with Gasteiger partial charge in [0.2, 0.25) is 0 Å². The van der Waals surface area contributed by atoms with Crippen LogP contribution in [0.4, 0.5) is 5.69 Å². The summed E-state index contributed by atoms with van der Waals surface area (Å²) in [6.07, 6.45) is 0. The molecular weight excluding hydrogens is 285 g/mol. The van der Waals surface area contributed by atoms with Gasteiger partial charge in [0.1, 0.15) is 0 Å². The fraction of sp³-hybridized carbons (Fsp3) is 0.538. The molecule has 0 aliphatic rings. The molecule has 0 saturated carbocycles. The molecule has 0 aliphatic heterocycles. The summed E-state index contributed by atoms with van der Waals surface area (Å²) in [4.78, 5) is 2.46. The van der Waals surface area contributed by atoms with Gasteiger partial charge in [-0.3, -0.25) is 0 Å². The van der Waals surface area contributed by atoms with Crippen LogP contribution in [0.3, 0.4) is 0 Å². The van der Waals surface area contributed by atoms with Gasteiger partial charge < -0.3 is 0 Å². The molecule has 0 unspecified atom stereocenters. The maximum absolute atomic E-state index is 2.49. The summed E-state index contributed by atoms with van der Waals surface area (Å²) in [5, 5.41) is 0. The van der Waals surface area contributed by atoms with Crippen molar-refractivity contribution in [1.29, 1.82) is 0 Å². The topological polar surface area (TPSA) is 3.24 Å². The molecule has 82 valence electrons. The van der Waals surface area contributed by atoms with Crippen molar-refractivity contribution in [3.63, 3.8) is 0 Å². The fourth-order valence-electron chi connectivity index (χ4n) is 2.00.